The van der Waals surface area contributed by atoms with Crippen molar-refractivity contribution < 1.29 is 4.79 Å². The quantitative estimate of drug-likeness (QED) is 0.845. The van der Waals surface area contributed by atoms with E-state index in [0.29, 0.717) is 5.13 Å². The van der Waals surface area contributed by atoms with Crippen molar-refractivity contribution in [2.75, 3.05) is 11.1 Å². The molecular weight excluding hydrogens is 230 g/mol. The molecule has 0 spiro atoms. The SMILES string of the molecule is CC(=O)Nc1ccc(-c2csc(N)n2)s1. The number of amides is 1. The van der Waals surface area contributed by atoms with E-state index in [1.165, 1.54) is 29.6 Å². The Morgan fingerprint density at radius 3 is 2.93 bits per heavy atom. The molecule has 0 saturated heterocycles. The van der Waals surface area contributed by atoms with E-state index in [1.807, 2.05) is 17.5 Å². The van der Waals surface area contributed by atoms with Gasteiger partial charge in [-0.05, 0) is 12.1 Å². The van der Waals surface area contributed by atoms with Gasteiger partial charge in [0.05, 0.1) is 15.6 Å². The molecule has 0 saturated carbocycles. The largest absolute Gasteiger partial charge is 0.375 e. The van der Waals surface area contributed by atoms with Crippen LogP contribution in [0.3, 0.4) is 0 Å². The zero-order valence-corrected chi connectivity index (χ0v) is 9.61. The zero-order valence-electron chi connectivity index (χ0n) is 7.98. The fraction of sp³-hybridized carbons (Fsp3) is 0.111. The van der Waals surface area contributed by atoms with Gasteiger partial charge in [-0.25, -0.2) is 4.98 Å². The number of nitrogens with one attached hydrogen (secondary N) is 1. The smallest absolute Gasteiger partial charge is 0.221 e. The van der Waals surface area contributed by atoms with E-state index in [4.69, 9.17) is 5.73 Å². The average molecular weight is 239 g/mol. The summed E-state index contributed by atoms with van der Waals surface area (Å²) in [6.45, 7) is 1.49. The Labute approximate surface area is 94.8 Å². The van der Waals surface area contributed by atoms with Gasteiger partial charge in [-0.15, -0.1) is 22.7 Å². The van der Waals surface area contributed by atoms with Crippen LogP contribution in [0.25, 0.3) is 10.6 Å². The van der Waals surface area contributed by atoms with Gasteiger partial charge in [0.25, 0.3) is 0 Å². The van der Waals surface area contributed by atoms with Crippen LogP contribution in [0.4, 0.5) is 10.1 Å². The first-order chi connectivity index (χ1) is 7.15. The van der Waals surface area contributed by atoms with Crippen molar-refractivity contribution in [2.45, 2.75) is 6.92 Å². The van der Waals surface area contributed by atoms with E-state index < -0.39 is 0 Å². The summed E-state index contributed by atoms with van der Waals surface area (Å²) in [5.74, 6) is -0.0683. The molecule has 0 fully saturated rings. The molecule has 3 N–H and O–H groups in total. The monoisotopic (exact) mass is 239 g/mol. The number of carbonyl (C=O) groups is 1. The predicted molar refractivity (Wildman–Crippen MR) is 64.1 cm³/mol. The van der Waals surface area contributed by atoms with Gasteiger partial charge in [0.1, 0.15) is 0 Å². The van der Waals surface area contributed by atoms with Gasteiger partial charge in [0.2, 0.25) is 5.91 Å². The lowest BCUT2D eigenvalue weighted by Crippen LogP contribution is -2.03. The fourth-order valence-electron chi connectivity index (χ4n) is 1.12. The fourth-order valence-corrected chi connectivity index (χ4v) is 2.67. The van der Waals surface area contributed by atoms with Gasteiger partial charge in [0, 0.05) is 12.3 Å². The maximum atomic E-state index is 10.8. The van der Waals surface area contributed by atoms with E-state index >= 15 is 0 Å². The van der Waals surface area contributed by atoms with Crippen molar-refractivity contribution in [1.29, 1.82) is 0 Å². The molecule has 0 unspecified atom stereocenters. The van der Waals surface area contributed by atoms with Crippen molar-refractivity contribution in [3.63, 3.8) is 0 Å². The Kier molecular flexibility index (Phi) is 2.70. The number of rotatable bonds is 2. The molecule has 4 nitrogen and oxygen atoms in total. The normalized spacial score (nSPS) is 10.2. The summed E-state index contributed by atoms with van der Waals surface area (Å²) >= 11 is 2.89. The molecule has 0 bridgehead atoms. The highest BCUT2D eigenvalue weighted by Crippen LogP contribution is 2.32. The summed E-state index contributed by atoms with van der Waals surface area (Å²) < 4.78 is 0. The van der Waals surface area contributed by atoms with E-state index in [2.05, 4.69) is 10.3 Å². The van der Waals surface area contributed by atoms with Crippen molar-refractivity contribution in [2.24, 2.45) is 0 Å². The second-order valence-corrected chi connectivity index (χ2v) is 4.89. The van der Waals surface area contributed by atoms with Crippen LogP contribution in [-0.2, 0) is 4.79 Å². The molecule has 1 amide bonds. The summed E-state index contributed by atoms with van der Waals surface area (Å²) in [5, 5.41) is 6.01. The number of thiophene rings is 1. The number of nitrogens with zero attached hydrogens (tertiary/aromatic N) is 1. The van der Waals surface area contributed by atoms with Gasteiger partial charge in [-0.2, -0.15) is 0 Å². The number of hydrogen-bond acceptors (Lipinski definition) is 5. The average Bonchev–Trinajstić information content (AvgIpc) is 2.72. The van der Waals surface area contributed by atoms with Gasteiger partial charge >= 0.3 is 0 Å². The predicted octanol–water partition coefficient (Wildman–Crippen LogP) is 2.41. The lowest BCUT2D eigenvalue weighted by atomic mass is 10.4. The molecule has 0 aliphatic rings. The van der Waals surface area contributed by atoms with Crippen LogP contribution >= 0.6 is 22.7 Å². The first kappa shape index (κ1) is 10.1. The van der Waals surface area contributed by atoms with E-state index in [9.17, 15) is 4.79 Å². The molecule has 2 aromatic rings. The first-order valence-electron chi connectivity index (χ1n) is 4.24. The highest BCUT2D eigenvalue weighted by Gasteiger charge is 2.06. The van der Waals surface area contributed by atoms with Crippen LogP contribution in [0.15, 0.2) is 17.5 Å². The van der Waals surface area contributed by atoms with Crippen molar-refractivity contribution >= 4 is 38.7 Å². The molecule has 2 heterocycles. The Hall–Kier alpha value is -1.40. The third-order valence-corrected chi connectivity index (χ3v) is 3.38. The Morgan fingerprint density at radius 1 is 1.53 bits per heavy atom. The Bertz CT molecular complexity index is 489. The number of nitrogen functional groups attached to an aromatic ring is 1. The van der Waals surface area contributed by atoms with Gasteiger partial charge in [0.15, 0.2) is 5.13 Å². The number of carbonyl (C=O) groups excluding carboxylic acids is 1. The third-order valence-electron chi connectivity index (χ3n) is 1.68. The minimum absolute atomic E-state index is 0.0683. The topological polar surface area (TPSA) is 68.0 Å². The number of nitrogens with two attached hydrogens (primary N) is 1. The molecule has 78 valence electrons. The number of thiazole rings is 1. The number of hydrogen-bond donors (Lipinski definition) is 2. The third kappa shape index (κ3) is 2.34. The lowest BCUT2D eigenvalue weighted by molar-refractivity contribution is -0.114. The lowest BCUT2D eigenvalue weighted by Gasteiger charge is -1.94. The Morgan fingerprint density at radius 2 is 2.33 bits per heavy atom. The van der Waals surface area contributed by atoms with E-state index in [-0.39, 0.29) is 5.91 Å². The molecule has 15 heavy (non-hydrogen) atoms. The highest BCUT2D eigenvalue weighted by molar-refractivity contribution is 7.20. The minimum atomic E-state index is -0.0683. The number of anilines is 2. The van der Waals surface area contributed by atoms with Crippen LogP contribution in [0.5, 0.6) is 0 Å². The second-order valence-electron chi connectivity index (χ2n) is 2.92. The molecule has 2 aromatic heterocycles. The molecule has 6 heteroatoms. The minimum Gasteiger partial charge on any atom is -0.375 e. The molecule has 0 aliphatic carbocycles. The highest BCUT2D eigenvalue weighted by atomic mass is 32.1. The summed E-state index contributed by atoms with van der Waals surface area (Å²) in [4.78, 5) is 16.0. The van der Waals surface area contributed by atoms with Crippen LogP contribution in [-0.4, -0.2) is 10.9 Å². The van der Waals surface area contributed by atoms with Crippen LogP contribution < -0.4 is 11.1 Å². The van der Waals surface area contributed by atoms with Gasteiger partial charge < -0.3 is 11.1 Å². The molecule has 0 aromatic carbocycles. The van der Waals surface area contributed by atoms with Crippen LogP contribution in [0.1, 0.15) is 6.92 Å². The maximum Gasteiger partial charge on any atom is 0.221 e. The summed E-state index contributed by atoms with van der Waals surface area (Å²) in [5.41, 5.74) is 6.41. The van der Waals surface area contributed by atoms with Crippen LogP contribution in [0.2, 0.25) is 0 Å². The summed E-state index contributed by atoms with van der Waals surface area (Å²) in [6, 6.07) is 3.78. The molecule has 2 rings (SSSR count). The summed E-state index contributed by atoms with van der Waals surface area (Å²) in [6.07, 6.45) is 0. The number of aromatic nitrogens is 1. The molecule has 0 atom stereocenters. The summed E-state index contributed by atoms with van der Waals surface area (Å²) in [7, 11) is 0. The van der Waals surface area contributed by atoms with Crippen molar-refractivity contribution in [1.82, 2.24) is 4.98 Å². The molecule has 0 radical (unpaired) electrons. The first-order valence-corrected chi connectivity index (χ1v) is 5.93. The maximum absolute atomic E-state index is 10.8. The van der Waals surface area contributed by atoms with Gasteiger partial charge in [-0.3, -0.25) is 4.79 Å². The molecular formula is C9H9N3OS2. The van der Waals surface area contributed by atoms with E-state index in [1.54, 1.807) is 0 Å². The standard InChI is InChI=1S/C9H9N3OS2/c1-5(13)11-8-3-2-7(15-8)6-4-14-9(10)12-6/h2-4H,1H3,(H2,10,12)(H,11,13). The van der Waals surface area contributed by atoms with Crippen molar-refractivity contribution in [3.8, 4) is 10.6 Å². The van der Waals surface area contributed by atoms with E-state index in [0.717, 1.165) is 15.6 Å². The second kappa shape index (κ2) is 4.00. The van der Waals surface area contributed by atoms with Gasteiger partial charge in [-0.1, -0.05) is 0 Å². The zero-order chi connectivity index (χ0) is 10.8. The Balaban J connectivity index is 2.23. The van der Waals surface area contributed by atoms with Crippen molar-refractivity contribution in [3.05, 3.63) is 17.5 Å². The van der Waals surface area contributed by atoms with Crippen LogP contribution in [0, 0.1) is 0 Å². The molecule has 0 aliphatic heterocycles.